The van der Waals surface area contributed by atoms with Crippen LogP contribution in [0.3, 0.4) is 0 Å². The summed E-state index contributed by atoms with van der Waals surface area (Å²) >= 11 is 0. The summed E-state index contributed by atoms with van der Waals surface area (Å²) in [6.45, 7) is 1.40. The second-order valence-electron chi connectivity index (χ2n) is 6.22. The summed E-state index contributed by atoms with van der Waals surface area (Å²) in [5.74, 6) is -3.47. The van der Waals surface area contributed by atoms with Crippen molar-refractivity contribution in [2.24, 2.45) is 0 Å². The van der Waals surface area contributed by atoms with E-state index >= 15 is 0 Å². The lowest BCUT2D eigenvalue weighted by molar-refractivity contribution is -0.135. The summed E-state index contributed by atoms with van der Waals surface area (Å²) in [6, 6.07) is -1.34. The number of carbonyl (C=O) groups excluding carboxylic acids is 2. The lowest BCUT2D eigenvalue weighted by Gasteiger charge is -2.31. The van der Waals surface area contributed by atoms with Crippen molar-refractivity contribution in [2.45, 2.75) is 49.7 Å². The molecule has 3 rings (SSSR count). The van der Waals surface area contributed by atoms with E-state index in [1.54, 1.807) is 4.90 Å². The van der Waals surface area contributed by atoms with E-state index in [9.17, 15) is 18.4 Å². The number of nitrogens with one attached hydrogen (secondary N) is 2. The van der Waals surface area contributed by atoms with Crippen molar-refractivity contribution in [3.63, 3.8) is 0 Å². The third kappa shape index (κ3) is 3.22. The molecule has 0 aromatic carbocycles. The maximum absolute atomic E-state index is 13.1. The van der Waals surface area contributed by atoms with Crippen LogP contribution < -0.4 is 10.6 Å². The van der Waals surface area contributed by atoms with Crippen molar-refractivity contribution in [1.29, 1.82) is 0 Å². The van der Waals surface area contributed by atoms with Crippen LogP contribution in [0.4, 0.5) is 8.78 Å². The monoisotopic (exact) mass is 317 g/mol. The predicted octanol–water partition coefficient (Wildman–Crippen LogP) is -0.120. The molecule has 3 aliphatic heterocycles. The molecule has 2 N–H and O–H groups in total. The van der Waals surface area contributed by atoms with Gasteiger partial charge in [-0.05, 0) is 19.3 Å². The number of likely N-dealkylation sites (tertiary alicyclic amines) is 1. The molecule has 0 saturated carbocycles. The Labute approximate surface area is 127 Å². The first-order valence-corrected chi connectivity index (χ1v) is 7.76. The zero-order valence-electron chi connectivity index (χ0n) is 12.3. The van der Waals surface area contributed by atoms with E-state index in [0.29, 0.717) is 26.2 Å². The Morgan fingerprint density at radius 3 is 2.68 bits per heavy atom. The zero-order valence-corrected chi connectivity index (χ0v) is 12.3. The van der Waals surface area contributed by atoms with Crippen molar-refractivity contribution in [2.75, 3.05) is 26.3 Å². The van der Waals surface area contributed by atoms with Gasteiger partial charge < -0.3 is 15.0 Å². The fraction of sp³-hybridized carbons (Fsp3) is 0.857. The maximum atomic E-state index is 13.1. The van der Waals surface area contributed by atoms with Crippen LogP contribution >= 0.6 is 0 Å². The first kappa shape index (κ1) is 15.6. The Morgan fingerprint density at radius 2 is 2.05 bits per heavy atom. The molecule has 0 aromatic heterocycles. The van der Waals surface area contributed by atoms with Gasteiger partial charge in [-0.3, -0.25) is 14.9 Å². The number of hydrogen-bond acceptors (Lipinski definition) is 4. The van der Waals surface area contributed by atoms with Gasteiger partial charge in [-0.25, -0.2) is 8.78 Å². The molecule has 22 heavy (non-hydrogen) atoms. The van der Waals surface area contributed by atoms with Crippen molar-refractivity contribution < 1.29 is 23.1 Å². The minimum absolute atomic E-state index is 0.106. The van der Waals surface area contributed by atoms with E-state index in [1.165, 1.54) is 0 Å². The highest BCUT2D eigenvalue weighted by Crippen LogP contribution is 2.26. The summed E-state index contributed by atoms with van der Waals surface area (Å²) < 4.78 is 31.5. The molecule has 0 aliphatic carbocycles. The Kier molecular flexibility index (Phi) is 4.31. The Bertz CT molecular complexity index is 455. The van der Waals surface area contributed by atoms with Gasteiger partial charge in [0.05, 0.1) is 12.6 Å². The molecular weight excluding hydrogens is 296 g/mol. The number of halogens is 2. The second-order valence-corrected chi connectivity index (χ2v) is 6.22. The van der Waals surface area contributed by atoms with Gasteiger partial charge in [-0.2, -0.15) is 0 Å². The van der Waals surface area contributed by atoms with Crippen LogP contribution in [0.15, 0.2) is 0 Å². The molecule has 6 nitrogen and oxygen atoms in total. The molecule has 3 heterocycles. The summed E-state index contributed by atoms with van der Waals surface area (Å²) in [6.07, 6.45) is 1.64. The highest BCUT2D eigenvalue weighted by atomic mass is 19.3. The van der Waals surface area contributed by atoms with Gasteiger partial charge in [0.1, 0.15) is 6.04 Å². The van der Waals surface area contributed by atoms with E-state index < -0.39 is 36.9 Å². The highest BCUT2D eigenvalue weighted by molar-refractivity contribution is 5.91. The van der Waals surface area contributed by atoms with Gasteiger partial charge in [-0.1, -0.05) is 0 Å². The van der Waals surface area contributed by atoms with Crippen LogP contribution in [-0.2, 0) is 14.3 Å². The minimum atomic E-state index is -2.85. The average molecular weight is 317 g/mol. The predicted molar refractivity (Wildman–Crippen MR) is 73.5 cm³/mol. The summed E-state index contributed by atoms with van der Waals surface area (Å²) in [5, 5.41) is 5.13. The smallest absolute Gasteiger partial charge is 0.262 e. The molecule has 3 saturated heterocycles. The second kappa shape index (κ2) is 6.08. The van der Waals surface area contributed by atoms with Crippen LogP contribution in [0, 0.1) is 0 Å². The van der Waals surface area contributed by atoms with Gasteiger partial charge in [-0.15, -0.1) is 0 Å². The molecule has 0 aromatic rings. The van der Waals surface area contributed by atoms with Crippen LogP contribution in [0.5, 0.6) is 0 Å². The summed E-state index contributed by atoms with van der Waals surface area (Å²) in [5.41, 5.74) is 0. The normalized spacial score (nSPS) is 32.5. The molecule has 124 valence electrons. The van der Waals surface area contributed by atoms with Gasteiger partial charge in [0.2, 0.25) is 11.8 Å². The number of hydrogen-bond donors (Lipinski definition) is 2. The van der Waals surface area contributed by atoms with Gasteiger partial charge >= 0.3 is 0 Å². The van der Waals surface area contributed by atoms with Crippen molar-refractivity contribution in [3.8, 4) is 0 Å². The van der Waals surface area contributed by atoms with Gasteiger partial charge in [0, 0.05) is 32.2 Å². The molecule has 0 bridgehead atoms. The third-order valence-corrected chi connectivity index (χ3v) is 4.61. The van der Waals surface area contributed by atoms with Crippen LogP contribution in [0.1, 0.15) is 25.7 Å². The van der Waals surface area contributed by atoms with Crippen LogP contribution in [0.25, 0.3) is 0 Å². The summed E-state index contributed by atoms with van der Waals surface area (Å²) in [4.78, 5) is 26.2. The Balaban J connectivity index is 1.53. The molecule has 8 heteroatoms. The largest absolute Gasteiger partial charge is 0.381 e. The Morgan fingerprint density at radius 1 is 1.32 bits per heavy atom. The quantitative estimate of drug-likeness (QED) is 0.761. The first-order valence-electron chi connectivity index (χ1n) is 7.76. The maximum Gasteiger partial charge on any atom is 0.262 e. The first-order chi connectivity index (χ1) is 10.5. The topological polar surface area (TPSA) is 70.7 Å². The molecule has 2 atom stereocenters. The Hall–Kier alpha value is -1.28. The molecule has 2 unspecified atom stereocenters. The number of carbonyl (C=O) groups is 2. The lowest BCUT2D eigenvalue weighted by Crippen LogP contribution is -2.49. The zero-order chi connectivity index (χ0) is 15.7. The van der Waals surface area contributed by atoms with E-state index in [-0.39, 0.29) is 11.9 Å². The number of rotatable bonds is 3. The van der Waals surface area contributed by atoms with Crippen molar-refractivity contribution in [1.82, 2.24) is 15.5 Å². The van der Waals surface area contributed by atoms with E-state index in [4.69, 9.17) is 4.74 Å². The number of nitrogens with zero attached hydrogens (tertiary/aromatic N) is 1. The average Bonchev–Trinajstić information content (AvgIpc) is 3.03. The standard InChI is InChI=1S/C14H21F2N3O3/c15-14(16)7-11(17-8-14)12(20)18-10-1-4-19(13(10)21)9-2-5-22-6-3-9/h9-11,17H,1-8H2,(H,18,20). The number of ether oxygens (including phenoxy) is 1. The van der Waals surface area contributed by atoms with E-state index in [1.807, 2.05) is 0 Å². The minimum Gasteiger partial charge on any atom is -0.381 e. The number of alkyl halides is 2. The SMILES string of the molecule is O=C(NC1CCN(C2CCOCC2)C1=O)C1CC(F)(F)CN1. The molecular formula is C14H21F2N3O3. The molecule has 0 radical (unpaired) electrons. The van der Waals surface area contributed by atoms with Crippen LogP contribution in [0.2, 0.25) is 0 Å². The third-order valence-electron chi connectivity index (χ3n) is 4.61. The molecule has 3 fully saturated rings. The highest BCUT2D eigenvalue weighted by Gasteiger charge is 2.44. The summed E-state index contributed by atoms with van der Waals surface area (Å²) in [7, 11) is 0. The van der Waals surface area contributed by atoms with E-state index in [0.717, 1.165) is 12.8 Å². The molecule has 2 amide bonds. The number of amides is 2. The lowest BCUT2D eigenvalue weighted by atomic mass is 10.1. The van der Waals surface area contributed by atoms with E-state index in [2.05, 4.69) is 10.6 Å². The van der Waals surface area contributed by atoms with Crippen molar-refractivity contribution >= 4 is 11.8 Å². The van der Waals surface area contributed by atoms with Crippen molar-refractivity contribution in [3.05, 3.63) is 0 Å². The van der Waals surface area contributed by atoms with Gasteiger partial charge in [0.25, 0.3) is 5.92 Å². The van der Waals surface area contributed by atoms with Crippen LogP contribution in [-0.4, -0.2) is 67.1 Å². The van der Waals surface area contributed by atoms with Gasteiger partial charge in [0.15, 0.2) is 0 Å². The molecule has 3 aliphatic rings. The molecule has 0 spiro atoms. The fourth-order valence-corrected chi connectivity index (χ4v) is 3.37. The fourth-order valence-electron chi connectivity index (χ4n) is 3.37.